The summed E-state index contributed by atoms with van der Waals surface area (Å²) in [5.74, 6) is -0.420. The number of methoxy groups -OCH3 is 1. The first-order valence-corrected chi connectivity index (χ1v) is 6.29. The minimum atomic E-state index is -0.776. The van der Waals surface area contributed by atoms with Gasteiger partial charge in [-0.25, -0.2) is 0 Å². The maximum atomic E-state index is 11.9. The van der Waals surface area contributed by atoms with Crippen molar-refractivity contribution in [3.05, 3.63) is 0 Å². The summed E-state index contributed by atoms with van der Waals surface area (Å²) in [7, 11) is 1.55. The van der Waals surface area contributed by atoms with Gasteiger partial charge in [-0.2, -0.15) is 0 Å². The Morgan fingerprint density at radius 1 is 1.56 bits per heavy atom. The first kappa shape index (κ1) is 14.9. The fourth-order valence-corrected chi connectivity index (χ4v) is 2.21. The second-order valence-electron chi connectivity index (χ2n) is 4.72. The van der Waals surface area contributed by atoms with Crippen molar-refractivity contribution in [2.24, 2.45) is 11.7 Å². The molecule has 18 heavy (non-hydrogen) atoms. The number of nitrogens with two attached hydrogens (primary N) is 1. The molecule has 2 atom stereocenters. The Labute approximate surface area is 107 Å². The molecule has 0 spiro atoms. The zero-order valence-electron chi connectivity index (χ0n) is 10.8. The van der Waals surface area contributed by atoms with E-state index in [4.69, 9.17) is 15.6 Å². The number of aliphatic carboxylic acids is 1. The van der Waals surface area contributed by atoms with Gasteiger partial charge in [-0.3, -0.25) is 9.59 Å². The van der Waals surface area contributed by atoms with Crippen LogP contribution < -0.4 is 5.73 Å². The summed E-state index contributed by atoms with van der Waals surface area (Å²) in [5, 5.41) is 8.62. The molecule has 0 bridgehead atoms. The van der Waals surface area contributed by atoms with Crippen LogP contribution in [0.15, 0.2) is 0 Å². The van der Waals surface area contributed by atoms with Crippen LogP contribution in [0.2, 0.25) is 0 Å². The van der Waals surface area contributed by atoms with Gasteiger partial charge in [0, 0.05) is 33.2 Å². The number of ether oxygens (including phenoxy) is 1. The van der Waals surface area contributed by atoms with Crippen molar-refractivity contribution < 1.29 is 19.4 Å². The summed E-state index contributed by atoms with van der Waals surface area (Å²) in [6.07, 6.45) is 1.79. The maximum absolute atomic E-state index is 11.9. The van der Waals surface area contributed by atoms with Crippen molar-refractivity contribution in [3.8, 4) is 0 Å². The SMILES string of the molecule is COC(CN)CC(=O)N1CCC(CCC(=O)O)C1. The Hall–Kier alpha value is -1.14. The molecule has 1 fully saturated rings. The molecule has 0 aromatic rings. The molecule has 2 unspecified atom stereocenters. The highest BCUT2D eigenvalue weighted by molar-refractivity contribution is 5.77. The largest absolute Gasteiger partial charge is 0.481 e. The number of hydrogen-bond acceptors (Lipinski definition) is 4. The first-order valence-electron chi connectivity index (χ1n) is 6.29. The Morgan fingerprint density at radius 2 is 2.28 bits per heavy atom. The van der Waals surface area contributed by atoms with E-state index in [-0.39, 0.29) is 18.4 Å². The van der Waals surface area contributed by atoms with Crippen LogP contribution in [-0.4, -0.2) is 54.7 Å². The average Bonchev–Trinajstić information content (AvgIpc) is 2.82. The lowest BCUT2D eigenvalue weighted by Gasteiger charge is -2.19. The van der Waals surface area contributed by atoms with Crippen molar-refractivity contribution in [1.82, 2.24) is 4.90 Å². The molecule has 0 radical (unpaired) electrons. The Kier molecular flexibility index (Phi) is 6.07. The van der Waals surface area contributed by atoms with Crippen LogP contribution in [0.1, 0.15) is 25.7 Å². The molecule has 3 N–H and O–H groups in total. The molecule has 1 saturated heterocycles. The van der Waals surface area contributed by atoms with Gasteiger partial charge in [-0.05, 0) is 18.8 Å². The van der Waals surface area contributed by atoms with E-state index in [2.05, 4.69) is 0 Å². The van der Waals surface area contributed by atoms with E-state index >= 15 is 0 Å². The van der Waals surface area contributed by atoms with E-state index in [1.54, 1.807) is 12.0 Å². The van der Waals surface area contributed by atoms with E-state index in [0.29, 0.717) is 38.4 Å². The molecular formula is C12H22N2O4. The number of nitrogens with zero attached hydrogens (tertiary/aromatic N) is 1. The number of carbonyl (C=O) groups is 2. The molecule has 6 heteroatoms. The smallest absolute Gasteiger partial charge is 0.303 e. The molecule has 6 nitrogen and oxygen atoms in total. The van der Waals surface area contributed by atoms with Gasteiger partial charge in [-0.15, -0.1) is 0 Å². The molecule has 104 valence electrons. The molecule has 1 aliphatic heterocycles. The summed E-state index contributed by atoms with van der Waals surface area (Å²) in [4.78, 5) is 24.2. The van der Waals surface area contributed by atoms with Crippen molar-refractivity contribution >= 4 is 11.9 Å². The van der Waals surface area contributed by atoms with Crippen molar-refractivity contribution in [2.75, 3.05) is 26.7 Å². The number of hydrogen-bond donors (Lipinski definition) is 2. The monoisotopic (exact) mass is 258 g/mol. The number of rotatable bonds is 7. The fourth-order valence-electron chi connectivity index (χ4n) is 2.21. The summed E-state index contributed by atoms with van der Waals surface area (Å²) in [6, 6.07) is 0. The fraction of sp³-hybridized carbons (Fsp3) is 0.833. The summed E-state index contributed by atoms with van der Waals surface area (Å²) < 4.78 is 5.09. The maximum Gasteiger partial charge on any atom is 0.303 e. The van der Waals surface area contributed by atoms with Gasteiger partial charge in [0.2, 0.25) is 5.91 Å². The van der Waals surface area contributed by atoms with Crippen LogP contribution in [-0.2, 0) is 14.3 Å². The standard InChI is InChI=1S/C12H22N2O4/c1-18-10(7-13)6-11(15)14-5-4-9(8-14)2-3-12(16)17/h9-10H,2-8,13H2,1H3,(H,16,17). The van der Waals surface area contributed by atoms with Crippen molar-refractivity contribution in [3.63, 3.8) is 0 Å². The van der Waals surface area contributed by atoms with Gasteiger partial charge in [-0.1, -0.05) is 0 Å². The number of amides is 1. The highest BCUT2D eigenvalue weighted by Crippen LogP contribution is 2.21. The third kappa shape index (κ3) is 4.62. The van der Waals surface area contributed by atoms with Gasteiger partial charge in [0.25, 0.3) is 0 Å². The highest BCUT2D eigenvalue weighted by Gasteiger charge is 2.27. The van der Waals surface area contributed by atoms with Gasteiger partial charge >= 0.3 is 5.97 Å². The van der Waals surface area contributed by atoms with Crippen LogP contribution in [0.3, 0.4) is 0 Å². The molecule has 0 aliphatic carbocycles. The topological polar surface area (TPSA) is 92.9 Å². The molecular weight excluding hydrogens is 236 g/mol. The second-order valence-corrected chi connectivity index (χ2v) is 4.72. The number of carboxylic acids is 1. The average molecular weight is 258 g/mol. The van der Waals surface area contributed by atoms with E-state index < -0.39 is 5.97 Å². The van der Waals surface area contributed by atoms with Crippen LogP contribution in [0.4, 0.5) is 0 Å². The lowest BCUT2D eigenvalue weighted by atomic mass is 10.0. The predicted octanol–water partition coefficient (Wildman–Crippen LogP) is 0.0635. The van der Waals surface area contributed by atoms with Crippen molar-refractivity contribution in [2.45, 2.75) is 31.8 Å². The lowest BCUT2D eigenvalue weighted by Crippen LogP contribution is -2.34. The zero-order valence-corrected chi connectivity index (χ0v) is 10.8. The molecule has 1 aliphatic rings. The molecule has 0 aromatic heterocycles. The molecule has 1 rings (SSSR count). The molecule has 0 aromatic carbocycles. The van der Waals surface area contributed by atoms with Crippen LogP contribution in [0, 0.1) is 5.92 Å². The Bertz CT molecular complexity index is 292. The van der Waals surface area contributed by atoms with Crippen molar-refractivity contribution in [1.29, 1.82) is 0 Å². The second kappa shape index (κ2) is 7.33. The van der Waals surface area contributed by atoms with Gasteiger partial charge in [0.1, 0.15) is 0 Å². The van der Waals surface area contributed by atoms with Gasteiger partial charge < -0.3 is 20.5 Å². The lowest BCUT2D eigenvalue weighted by molar-refractivity contribution is -0.137. The Balaban J connectivity index is 2.32. The van der Waals surface area contributed by atoms with Gasteiger partial charge in [0.05, 0.1) is 12.5 Å². The molecule has 1 amide bonds. The normalized spacial score (nSPS) is 21.0. The van der Waals surface area contributed by atoms with E-state index in [9.17, 15) is 9.59 Å². The molecule has 1 heterocycles. The molecule has 0 saturated carbocycles. The number of likely N-dealkylation sites (tertiary alicyclic amines) is 1. The minimum Gasteiger partial charge on any atom is -0.481 e. The minimum absolute atomic E-state index is 0.0464. The number of carboxylic acid groups (broad SMARTS) is 1. The third-order valence-corrected chi connectivity index (χ3v) is 3.40. The van der Waals surface area contributed by atoms with E-state index in [1.807, 2.05) is 0 Å². The van der Waals surface area contributed by atoms with Gasteiger partial charge in [0.15, 0.2) is 0 Å². The number of carbonyl (C=O) groups excluding carboxylic acids is 1. The first-order chi connectivity index (χ1) is 8.56. The Morgan fingerprint density at radius 3 is 2.83 bits per heavy atom. The highest BCUT2D eigenvalue weighted by atomic mass is 16.5. The quantitative estimate of drug-likeness (QED) is 0.673. The summed E-state index contributed by atoms with van der Waals surface area (Å²) in [5.41, 5.74) is 5.48. The van der Waals surface area contributed by atoms with E-state index in [0.717, 1.165) is 6.42 Å². The van der Waals surface area contributed by atoms with Crippen LogP contribution in [0.25, 0.3) is 0 Å². The van der Waals surface area contributed by atoms with Crippen LogP contribution in [0.5, 0.6) is 0 Å². The summed E-state index contributed by atoms with van der Waals surface area (Å²) in [6.45, 7) is 1.70. The predicted molar refractivity (Wildman–Crippen MR) is 66.0 cm³/mol. The van der Waals surface area contributed by atoms with Crippen LogP contribution >= 0.6 is 0 Å². The van der Waals surface area contributed by atoms with E-state index in [1.165, 1.54) is 0 Å². The third-order valence-electron chi connectivity index (χ3n) is 3.40. The zero-order chi connectivity index (χ0) is 13.5. The summed E-state index contributed by atoms with van der Waals surface area (Å²) >= 11 is 0.